The van der Waals surface area contributed by atoms with Gasteiger partial charge < -0.3 is 14.5 Å². The molecule has 0 aliphatic rings. The molecular formula is C18H24N2O. The van der Waals surface area contributed by atoms with E-state index >= 15 is 0 Å². The van der Waals surface area contributed by atoms with Crippen LogP contribution in [0.4, 0.5) is 11.4 Å². The molecular weight excluding hydrogens is 260 g/mol. The highest BCUT2D eigenvalue weighted by Crippen LogP contribution is 2.15. The first-order valence-electron chi connectivity index (χ1n) is 7.16. The molecule has 0 aromatic heterocycles. The third kappa shape index (κ3) is 4.50. The lowest BCUT2D eigenvalue weighted by Crippen LogP contribution is -2.08. The SMILES string of the molecule is CN(C)c1ccc(COCc2ccc(N(C)C)cc2)cc1. The third-order valence-electron chi connectivity index (χ3n) is 3.44. The minimum atomic E-state index is 0.642. The first-order valence-corrected chi connectivity index (χ1v) is 7.16. The van der Waals surface area contributed by atoms with E-state index in [1.165, 1.54) is 22.5 Å². The Labute approximate surface area is 127 Å². The van der Waals surface area contributed by atoms with Gasteiger partial charge in [-0.25, -0.2) is 0 Å². The Kier molecular flexibility index (Phi) is 5.23. The third-order valence-corrected chi connectivity index (χ3v) is 3.44. The number of hydrogen-bond acceptors (Lipinski definition) is 3. The number of benzene rings is 2. The lowest BCUT2D eigenvalue weighted by molar-refractivity contribution is 0.107. The van der Waals surface area contributed by atoms with Crippen molar-refractivity contribution >= 4 is 11.4 Å². The van der Waals surface area contributed by atoms with Gasteiger partial charge in [0.2, 0.25) is 0 Å². The highest BCUT2D eigenvalue weighted by Gasteiger charge is 1.99. The molecule has 0 saturated carbocycles. The van der Waals surface area contributed by atoms with Crippen molar-refractivity contribution in [1.29, 1.82) is 0 Å². The molecule has 0 radical (unpaired) electrons. The van der Waals surface area contributed by atoms with Crippen molar-refractivity contribution in [3.63, 3.8) is 0 Å². The normalized spacial score (nSPS) is 10.5. The average molecular weight is 284 g/mol. The topological polar surface area (TPSA) is 15.7 Å². The van der Waals surface area contributed by atoms with Gasteiger partial charge in [0.25, 0.3) is 0 Å². The van der Waals surface area contributed by atoms with E-state index in [-0.39, 0.29) is 0 Å². The number of ether oxygens (including phenoxy) is 1. The van der Waals surface area contributed by atoms with Crippen molar-refractivity contribution in [2.24, 2.45) is 0 Å². The van der Waals surface area contributed by atoms with E-state index in [0.29, 0.717) is 13.2 Å². The summed E-state index contributed by atoms with van der Waals surface area (Å²) in [4.78, 5) is 4.19. The van der Waals surface area contributed by atoms with E-state index in [1.807, 2.05) is 28.2 Å². The Morgan fingerprint density at radius 3 is 1.24 bits per heavy atom. The molecule has 0 atom stereocenters. The van der Waals surface area contributed by atoms with Gasteiger partial charge in [0, 0.05) is 39.6 Å². The Balaban J connectivity index is 1.83. The standard InChI is InChI=1S/C18H24N2O/c1-19(2)17-9-5-15(6-10-17)13-21-14-16-7-11-18(12-8-16)20(3)4/h5-12H,13-14H2,1-4H3. The molecule has 0 aliphatic carbocycles. The van der Waals surface area contributed by atoms with Crippen LogP contribution in [-0.2, 0) is 18.0 Å². The zero-order valence-corrected chi connectivity index (χ0v) is 13.3. The molecule has 0 unspecified atom stereocenters. The molecule has 2 aromatic rings. The largest absolute Gasteiger partial charge is 0.378 e. The Morgan fingerprint density at radius 1 is 0.619 bits per heavy atom. The van der Waals surface area contributed by atoms with Crippen LogP contribution in [0, 0.1) is 0 Å². The molecule has 21 heavy (non-hydrogen) atoms. The summed E-state index contributed by atoms with van der Waals surface area (Å²) < 4.78 is 5.78. The summed E-state index contributed by atoms with van der Waals surface area (Å²) in [6, 6.07) is 16.9. The molecule has 0 N–H and O–H groups in total. The first-order chi connectivity index (χ1) is 10.1. The molecule has 2 aromatic carbocycles. The summed E-state index contributed by atoms with van der Waals surface area (Å²) in [6.45, 7) is 1.28. The minimum Gasteiger partial charge on any atom is -0.378 e. The minimum absolute atomic E-state index is 0.642. The lowest BCUT2D eigenvalue weighted by Gasteiger charge is -2.13. The van der Waals surface area contributed by atoms with Crippen LogP contribution in [-0.4, -0.2) is 28.2 Å². The quantitative estimate of drug-likeness (QED) is 0.807. The molecule has 0 saturated heterocycles. The number of anilines is 2. The second-order valence-corrected chi connectivity index (χ2v) is 5.61. The lowest BCUT2D eigenvalue weighted by atomic mass is 10.2. The summed E-state index contributed by atoms with van der Waals surface area (Å²) in [5.41, 5.74) is 4.81. The van der Waals surface area contributed by atoms with Gasteiger partial charge >= 0.3 is 0 Å². The van der Waals surface area contributed by atoms with E-state index in [0.717, 1.165) is 0 Å². The molecule has 0 bridgehead atoms. The van der Waals surface area contributed by atoms with Crippen LogP contribution < -0.4 is 9.80 Å². The number of nitrogens with zero attached hydrogens (tertiary/aromatic N) is 2. The second-order valence-electron chi connectivity index (χ2n) is 5.61. The molecule has 0 aliphatic heterocycles. The van der Waals surface area contributed by atoms with Crippen molar-refractivity contribution in [1.82, 2.24) is 0 Å². The number of hydrogen-bond donors (Lipinski definition) is 0. The second kappa shape index (κ2) is 7.14. The van der Waals surface area contributed by atoms with Gasteiger partial charge in [0.15, 0.2) is 0 Å². The molecule has 3 heteroatoms. The zero-order chi connectivity index (χ0) is 15.2. The Bertz CT molecular complexity index is 493. The van der Waals surface area contributed by atoms with Crippen LogP contribution in [0.25, 0.3) is 0 Å². The van der Waals surface area contributed by atoms with E-state index in [1.54, 1.807) is 0 Å². The summed E-state index contributed by atoms with van der Waals surface area (Å²) in [5, 5.41) is 0. The van der Waals surface area contributed by atoms with Gasteiger partial charge in [-0.1, -0.05) is 24.3 Å². The van der Waals surface area contributed by atoms with Gasteiger partial charge in [-0.15, -0.1) is 0 Å². The highest BCUT2D eigenvalue weighted by atomic mass is 16.5. The molecule has 2 rings (SSSR count). The number of rotatable bonds is 6. The maximum Gasteiger partial charge on any atom is 0.0721 e. The Hall–Kier alpha value is -2.00. The molecule has 0 fully saturated rings. The molecule has 0 spiro atoms. The predicted octanol–water partition coefficient (Wildman–Crippen LogP) is 3.54. The highest BCUT2D eigenvalue weighted by molar-refractivity contribution is 5.46. The van der Waals surface area contributed by atoms with Crippen molar-refractivity contribution < 1.29 is 4.74 Å². The maximum absolute atomic E-state index is 5.78. The van der Waals surface area contributed by atoms with Gasteiger partial charge in [-0.3, -0.25) is 0 Å². The summed E-state index contributed by atoms with van der Waals surface area (Å²) in [7, 11) is 8.18. The van der Waals surface area contributed by atoms with Gasteiger partial charge in [-0.05, 0) is 35.4 Å². The van der Waals surface area contributed by atoms with Crippen LogP contribution in [0.15, 0.2) is 48.5 Å². The summed E-state index contributed by atoms with van der Waals surface area (Å²) in [6.07, 6.45) is 0. The van der Waals surface area contributed by atoms with Gasteiger partial charge in [-0.2, -0.15) is 0 Å². The van der Waals surface area contributed by atoms with E-state index in [9.17, 15) is 0 Å². The fraction of sp³-hybridized carbons (Fsp3) is 0.333. The molecule has 112 valence electrons. The average Bonchev–Trinajstić information content (AvgIpc) is 2.48. The zero-order valence-electron chi connectivity index (χ0n) is 13.3. The first kappa shape index (κ1) is 15.4. The molecule has 0 amide bonds. The summed E-state index contributed by atoms with van der Waals surface area (Å²) in [5.74, 6) is 0. The van der Waals surface area contributed by atoms with E-state index in [2.05, 4.69) is 58.3 Å². The van der Waals surface area contributed by atoms with Gasteiger partial charge in [0.05, 0.1) is 13.2 Å². The van der Waals surface area contributed by atoms with Crippen molar-refractivity contribution in [2.45, 2.75) is 13.2 Å². The molecule has 3 nitrogen and oxygen atoms in total. The fourth-order valence-corrected chi connectivity index (χ4v) is 2.07. The fourth-order valence-electron chi connectivity index (χ4n) is 2.07. The Morgan fingerprint density at radius 2 is 0.952 bits per heavy atom. The smallest absolute Gasteiger partial charge is 0.0721 e. The van der Waals surface area contributed by atoms with Crippen molar-refractivity contribution in [3.8, 4) is 0 Å². The predicted molar refractivity (Wildman–Crippen MR) is 90.0 cm³/mol. The molecule has 0 heterocycles. The van der Waals surface area contributed by atoms with Gasteiger partial charge in [0.1, 0.15) is 0 Å². The van der Waals surface area contributed by atoms with Crippen LogP contribution in [0.1, 0.15) is 11.1 Å². The van der Waals surface area contributed by atoms with Crippen LogP contribution in [0.2, 0.25) is 0 Å². The van der Waals surface area contributed by atoms with Crippen molar-refractivity contribution in [3.05, 3.63) is 59.7 Å². The van der Waals surface area contributed by atoms with Crippen LogP contribution in [0.3, 0.4) is 0 Å². The van der Waals surface area contributed by atoms with Crippen LogP contribution in [0.5, 0.6) is 0 Å². The summed E-state index contributed by atoms with van der Waals surface area (Å²) >= 11 is 0. The van der Waals surface area contributed by atoms with Crippen molar-refractivity contribution in [2.75, 3.05) is 38.0 Å². The maximum atomic E-state index is 5.78. The van der Waals surface area contributed by atoms with E-state index in [4.69, 9.17) is 4.74 Å². The van der Waals surface area contributed by atoms with E-state index < -0.39 is 0 Å². The van der Waals surface area contributed by atoms with Crippen LogP contribution >= 0.6 is 0 Å². The monoisotopic (exact) mass is 284 g/mol.